The van der Waals surface area contributed by atoms with Gasteiger partial charge < -0.3 is 4.90 Å². The van der Waals surface area contributed by atoms with Gasteiger partial charge in [0.15, 0.2) is 0 Å². The van der Waals surface area contributed by atoms with Crippen molar-refractivity contribution in [1.29, 1.82) is 0 Å². The van der Waals surface area contributed by atoms with Gasteiger partial charge in [0.1, 0.15) is 0 Å². The van der Waals surface area contributed by atoms with Crippen molar-refractivity contribution in [3.8, 4) is 0 Å². The quantitative estimate of drug-likeness (QED) is 0.622. The lowest BCUT2D eigenvalue weighted by Gasteiger charge is -2.26. The molecule has 0 bridgehead atoms. The molecule has 0 spiro atoms. The smallest absolute Gasteiger partial charge is 0.0450 e. The van der Waals surface area contributed by atoms with Crippen molar-refractivity contribution in [3.05, 3.63) is 63.4 Å². The third-order valence-corrected chi connectivity index (χ3v) is 5.80. The van der Waals surface area contributed by atoms with E-state index in [-0.39, 0.29) is 5.41 Å². The minimum Gasteiger partial charge on any atom is -0.344 e. The van der Waals surface area contributed by atoms with Crippen LogP contribution >= 0.6 is 11.6 Å². The zero-order valence-corrected chi connectivity index (χ0v) is 15.6. The number of hydrogen-bond acceptors (Lipinski definition) is 1. The monoisotopic (exact) mass is 327 g/mol. The van der Waals surface area contributed by atoms with Gasteiger partial charge in [-0.1, -0.05) is 54.8 Å². The molecule has 0 amide bonds. The van der Waals surface area contributed by atoms with E-state index in [1.54, 1.807) is 0 Å². The van der Waals surface area contributed by atoms with Gasteiger partial charge in [-0.2, -0.15) is 0 Å². The van der Waals surface area contributed by atoms with E-state index in [4.69, 9.17) is 11.6 Å². The summed E-state index contributed by atoms with van der Waals surface area (Å²) in [5.74, 6) is 0. The summed E-state index contributed by atoms with van der Waals surface area (Å²) in [6, 6.07) is 6.80. The number of hydrogen-bond donors (Lipinski definition) is 0. The third kappa shape index (κ3) is 2.65. The lowest BCUT2D eigenvalue weighted by Crippen LogP contribution is -2.25. The van der Waals surface area contributed by atoms with Crippen molar-refractivity contribution in [3.63, 3.8) is 0 Å². The molecule has 0 unspecified atom stereocenters. The van der Waals surface area contributed by atoms with Crippen molar-refractivity contribution < 1.29 is 0 Å². The van der Waals surface area contributed by atoms with Gasteiger partial charge >= 0.3 is 0 Å². The molecule has 2 heteroatoms. The van der Waals surface area contributed by atoms with Crippen LogP contribution in [-0.4, -0.2) is 6.54 Å². The summed E-state index contributed by atoms with van der Waals surface area (Å²) in [5.41, 5.74) is 8.07. The Kier molecular flexibility index (Phi) is 4.18. The number of rotatable bonds is 2. The Morgan fingerprint density at radius 3 is 2.52 bits per heavy atom. The second-order valence-corrected chi connectivity index (χ2v) is 7.61. The molecular weight excluding hydrogens is 302 g/mol. The van der Waals surface area contributed by atoms with E-state index in [1.807, 2.05) is 0 Å². The van der Waals surface area contributed by atoms with Crippen LogP contribution in [0.25, 0.3) is 0 Å². The standard InChI is InChI=1S/C21H26ClN/c1-6-23-18-11-7-14(2)13-17(18)21(4,5)19(23)12-10-16-9-8-15(3)20(16)22/h7,10-13H,6,8-9H2,1-5H3/b16-10+,19-12+. The minimum absolute atomic E-state index is 0.0261. The summed E-state index contributed by atoms with van der Waals surface area (Å²) in [5, 5.41) is 0.967. The fourth-order valence-electron chi connectivity index (χ4n) is 3.78. The highest BCUT2D eigenvalue weighted by molar-refractivity contribution is 6.32. The van der Waals surface area contributed by atoms with Crippen molar-refractivity contribution in [2.24, 2.45) is 0 Å². The van der Waals surface area contributed by atoms with Crippen LogP contribution in [-0.2, 0) is 5.41 Å². The van der Waals surface area contributed by atoms with E-state index in [0.29, 0.717) is 0 Å². The Bertz CT molecular complexity index is 734. The molecule has 0 radical (unpaired) electrons. The van der Waals surface area contributed by atoms with E-state index in [9.17, 15) is 0 Å². The molecule has 122 valence electrons. The second-order valence-electron chi connectivity index (χ2n) is 7.23. The molecule has 1 nitrogen and oxygen atoms in total. The molecule has 1 aromatic rings. The number of benzene rings is 1. The number of likely N-dealkylation sites (N-methyl/N-ethyl adjacent to an activating group) is 1. The summed E-state index contributed by atoms with van der Waals surface area (Å²) < 4.78 is 0. The maximum atomic E-state index is 6.43. The van der Waals surface area contributed by atoms with Crippen LogP contribution in [0.3, 0.4) is 0 Å². The van der Waals surface area contributed by atoms with Gasteiger partial charge in [-0.3, -0.25) is 0 Å². The molecule has 0 fully saturated rings. The zero-order chi connectivity index (χ0) is 16.8. The Morgan fingerprint density at radius 2 is 1.91 bits per heavy atom. The van der Waals surface area contributed by atoms with E-state index >= 15 is 0 Å². The molecular formula is C21H26ClN. The molecule has 0 N–H and O–H groups in total. The summed E-state index contributed by atoms with van der Waals surface area (Å²) >= 11 is 6.43. The minimum atomic E-state index is 0.0261. The van der Waals surface area contributed by atoms with Crippen LogP contribution in [0.2, 0.25) is 0 Å². The van der Waals surface area contributed by atoms with Gasteiger partial charge in [0.05, 0.1) is 0 Å². The second kappa shape index (κ2) is 5.87. The first-order chi connectivity index (χ1) is 10.9. The zero-order valence-electron chi connectivity index (χ0n) is 14.8. The molecule has 3 rings (SSSR count). The van der Waals surface area contributed by atoms with Crippen LogP contribution in [0.15, 0.2) is 52.2 Å². The molecule has 2 aliphatic rings. The highest BCUT2D eigenvalue weighted by Crippen LogP contribution is 2.48. The molecule has 0 saturated carbocycles. The van der Waals surface area contributed by atoms with Gasteiger partial charge in [-0.25, -0.2) is 0 Å². The fourth-order valence-corrected chi connectivity index (χ4v) is 4.03. The summed E-state index contributed by atoms with van der Waals surface area (Å²) in [6.45, 7) is 12.1. The molecule has 0 atom stereocenters. The number of fused-ring (bicyclic) bond motifs is 1. The number of nitrogens with zero attached hydrogens (tertiary/aromatic N) is 1. The van der Waals surface area contributed by atoms with Crippen molar-refractivity contribution in [2.75, 3.05) is 11.4 Å². The van der Waals surface area contributed by atoms with E-state index in [2.05, 4.69) is 69.9 Å². The SMILES string of the molecule is CCN1/C(=C/C=C2\CCC(C)=C2Cl)C(C)(C)c2cc(C)ccc21. The van der Waals surface area contributed by atoms with Gasteiger partial charge in [0.2, 0.25) is 0 Å². The highest BCUT2D eigenvalue weighted by atomic mass is 35.5. The Balaban J connectivity index is 2.06. The normalized spacial score (nSPS) is 23.3. The van der Waals surface area contributed by atoms with Crippen LogP contribution in [0.4, 0.5) is 5.69 Å². The number of allylic oxidation sites excluding steroid dienone is 6. The summed E-state index contributed by atoms with van der Waals surface area (Å²) in [6.07, 6.45) is 6.67. The van der Waals surface area contributed by atoms with Crippen LogP contribution in [0.5, 0.6) is 0 Å². The van der Waals surface area contributed by atoms with Crippen molar-refractivity contribution in [2.45, 2.75) is 52.9 Å². The van der Waals surface area contributed by atoms with Crippen LogP contribution in [0.1, 0.15) is 51.7 Å². The molecule has 23 heavy (non-hydrogen) atoms. The molecule has 1 heterocycles. The first kappa shape index (κ1) is 16.4. The van der Waals surface area contributed by atoms with Crippen LogP contribution in [0, 0.1) is 6.92 Å². The molecule has 0 saturated heterocycles. The third-order valence-electron chi connectivity index (χ3n) is 5.23. The Morgan fingerprint density at radius 1 is 1.17 bits per heavy atom. The Hall–Kier alpha value is -1.47. The average Bonchev–Trinajstić information content (AvgIpc) is 2.93. The van der Waals surface area contributed by atoms with Crippen LogP contribution < -0.4 is 4.90 Å². The lowest BCUT2D eigenvalue weighted by atomic mass is 9.83. The molecule has 1 aromatic carbocycles. The molecule has 1 aliphatic carbocycles. The highest BCUT2D eigenvalue weighted by Gasteiger charge is 2.39. The molecule has 1 aliphatic heterocycles. The van der Waals surface area contributed by atoms with Gasteiger partial charge in [-0.05, 0) is 56.9 Å². The predicted molar refractivity (Wildman–Crippen MR) is 101 cm³/mol. The first-order valence-electron chi connectivity index (χ1n) is 8.52. The van der Waals surface area contributed by atoms with Gasteiger partial charge in [-0.15, -0.1) is 0 Å². The maximum absolute atomic E-state index is 6.43. The predicted octanol–water partition coefficient (Wildman–Crippen LogP) is 6.23. The number of aryl methyl sites for hydroxylation is 1. The van der Waals surface area contributed by atoms with Crippen molar-refractivity contribution >= 4 is 17.3 Å². The number of anilines is 1. The summed E-state index contributed by atoms with van der Waals surface area (Å²) in [4.78, 5) is 2.44. The fraction of sp³-hybridized carbons (Fsp3) is 0.429. The van der Waals surface area contributed by atoms with Crippen molar-refractivity contribution in [1.82, 2.24) is 0 Å². The Labute approximate surface area is 145 Å². The van der Waals surface area contributed by atoms with E-state index in [1.165, 1.54) is 33.7 Å². The maximum Gasteiger partial charge on any atom is 0.0450 e. The topological polar surface area (TPSA) is 3.24 Å². The van der Waals surface area contributed by atoms with Gasteiger partial charge in [0.25, 0.3) is 0 Å². The van der Waals surface area contributed by atoms with Gasteiger partial charge in [0, 0.05) is 28.4 Å². The van der Waals surface area contributed by atoms with E-state index < -0.39 is 0 Å². The average molecular weight is 328 g/mol. The summed E-state index contributed by atoms with van der Waals surface area (Å²) in [7, 11) is 0. The molecule has 0 aromatic heterocycles. The number of halogens is 1. The largest absolute Gasteiger partial charge is 0.344 e. The van der Waals surface area contributed by atoms with E-state index in [0.717, 1.165) is 24.4 Å². The lowest BCUT2D eigenvalue weighted by molar-refractivity contribution is 0.633. The first-order valence-corrected chi connectivity index (χ1v) is 8.89.